The molecule has 2 aliphatic carbocycles. The van der Waals surface area contributed by atoms with Gasteiger partial charge in [0.1, 0.15) is 0 Å². The van der Waals surface area contributed by atoms with Gasteiger partial charge in [0.25, 0.3) is 5.91 Å². The molecule has 29 heavy (non-hydrogen) atoms. The van der Waals surface area contributed by atoms with Gasteiger partial charge >= 0.3 is 0 Å². The van der Waals surface area contributed by atoms with Crippen LogP contribution in [0.3, 0.4) is 0 Å². The molecule has 0 saturated heterocycles. The largest absolute Gasteiger partial charge is 0.347 e. The maximum atomic E-state index is 13.0. The van der Waals surface area contributed by atoms with Crippen LogP contribution in [0.25, 0.3) is 17.1 Å². The first-order valence-corrected chi connectivity index (χ1v) is 10.6. The first-order valence-electron chi connectivity index (χ1n) is 10.6. The molecule has 2 fully saturated rings. The molecule has 2 bridgehead atoms. The number of rotatable bonds is 5. The number of hydrogen-bond donors (Lipinski definition) is 1. The molecular formula is C24H26N4O. The van der Waals surface area contributed by atoms with Crippen molar-refractivity contribution in [3.05, 3.63) is 66.5 Å². The van der Waals surface area contributed by atoms with Gasteiger partial charge in [0, 0.05) is 11.6 Å². The molecule has 3 aromatic rings. The van der Waals surface area contributed by atoms with Crippen molar-refractivity contribution in [2.75, 3.05) is 0 Å². The molecule has 0 spiro atoms. The Morgan fingerprint density at radius 2 is 1.76 bits per heavy atom. The molecule has 5 nitrogen and oxygen atoms in total. The van der Waals surface area contributed by atoms with Crippen LogP contribution in [0.4, 0.5) is 0 Å². The Kier molecular flexibility index (Phi) is 4.66. The molecule has 1 aromatic heterocycles. The molecule has 2 aliphatic rings. The van der Waals surface area contributed by atoms with E-state index in [1.54, 1.807) is 4.68 Å². The van der Waals surface area contributed by atoms with Crippen LogP contribution in [0.15, 0.2) is 60.7 Å². The van der Waals surface area contributed by atoms with Gasteiger partial charge in [-0.25, -0.2) is 9.67 Å². The summed E-state index contributed by atoms with van der Waals surface area (Å²) in [5, 5.41) is 7.77. The zero-order chi connectivity index (χ0) is 19.8. The summed E-state index contributed by atoms with van der Waals surface area (Å²) >= 11 is 0. The van der Waals surface area contributed by atoms with Gasteiger partial charge in [-0.1, -0.05) is 55.0 Å². The van der Waals surface area contributed by atoms with Gasteiger partial charge < -0.3 is 5.32 Å². The summed E-state index contributed by atoms with van der Waals surface area (Å²) in [4.78, 5) is 17.6. The monoisotopic (exact) mass is 386 g/mol. The van der Waals surface area contributed by atoms with E-state index in [1.165, 1.54) is 25.7 Å². The molecule has 148 valence electrons. The second-order valence-electron chi connectivity index (χ2n) is 8.47. The Morgan fingerprint density at radius 3 is 2.41 bits per heavy atom. The van der Waals surface area contributed by atoms with Crippen LogP contribution in [-0.4, -0.2) is 26.7 Å². The third-order valence-corrected chi connectivity index (χ3v) is 6.64. The maximum absolute atomic E-state index is 13.0. The van der Waals surface area contributed by atoms with E-state index in [2.05, 4.69) is 22.3 Å². The first-order chi connectivity index (χ1) is 14.2. The van der Waals surface area contributed by atoms with Crippen molar-refractivity contribution in [2.45, 2.75) is 38.6 Å². The summed E-state index contributed by atoms with van der Waals surface area (Å²) in [6, 6.07) is 19.9. The highest BCUT2D eigenvalue weighted by Crippen LogP contribution is 2.49. The summed E-state index contributed by atoms with van der Waals surface area (Å²) in [7, 11) is 0. The average molecular weight is 386 g/mol. The molecular weight excluding hydrogens is 360 g/mol. The zero-order valence-corrected chi connectivity index (χ0v) is 16.7. The second kappa shape index (κ2) is 7.47. The number of para-hydroxylation sites is 1. The minimum atomic E-state index is -0.188. The lowest BCUT2D eigenvalue weighted by molar-refractivity contribution is 0.0905. The number of benzene rings is 2. The standard InChI is InChI=1S/C24H26N4O/c1-16(21-15-17-12-13-19(21)14-17)25-24(29)22-26-23(18-8-4-2-5-9-18)28(27-22)20-10-6-3-7-11-20/h2-11,16-17,19,21H,12-15H2,1H3,(H,25,29)/t16-,17+,19+,21+/m1/s1. The third kappa shape index (κ3) is 3.46. The molecule has 1 heterocycles. The Labute approximate surface area is 171 Å². The summed E-state index contributed by atoms with van der Waals surface area (Å²) < 4.78 is 1.76. The number of amides is 1. The normalized spacial score (nSPS) is 23.8. The fraction of sp³-hybridized carbons (Fsp3) is 0.375. The molecule has 5 rings (SSSR count). The van der Waals surface area contributed by atoms with Crippen molar-refractivity contribution >= 4 is 5.91 Å². The SMILES string of the molecule is C[C@@H](NC(=O)c1nc(-c2ccccc2)n(-c2ccccc2)n1)[C@@H]1C[C@H]2CC[C@H]1C2. The zero-order valence-electron chi connectivity index (χ0n) is 16.7. The van der Waals surface area contributed by atoms with Crippen LogP contribution in [0.5, 0.6) is 0 Å². The molecule has 0 radical (unpaired) electrons. The highest BCUT2D eigenvalue weighted by molar-refractivity contribution is 5.91. The predicted octanol–water partition coefficient (Wildman–Crippen LogP) is 4.49. The summed E-state index contributed by atoms with van der Waals surface area (Å²) in [6.45, 7) is 2.13. The third-order valence-electron chi connectivity index (χ3n) is 6.64. The molecule has 2 aromatic carbocycles. The van der Waals surface area contributed by atoms with E-state index in [0.717, 1.165) is 23.1 Å². The van der Waals surface area contributed by atoms with Crippen LogP contribution >= 0.6 is 0 Å². The topological polar surface area (TPSA) is 59.8 Å². The minimum Gasteiger partial charge on any atom is -0.347 e. The molecule has 0 unspecified atom stereocenters. The molecule has 1 amide bonds. The van der Waals surface area contributed by atoms with E-state index in [9.17, 15) is 4.79 Å². The smallest absolute Gasteiger partial charge is 0.291 e. The number of aromatic nitrogens is 3. The van der Waals surface area contributed by atoms with Gasteiger partial charge in [0.2, 0.25) is 5.82 Å². The Bertz CT molecular complexity index is 941. The van der Waals surface area contributed by atoms with Crippen molar-refractivity contribution in [1.82, 2.24) is 20.1 Å². The Hall–Kier alpha value is -2.95. The quantitative estimate of drug-likeness (QED) is 0.703. The lowest BCUT2D eigenvalue weighted by Crippen LogP contribution is -2.40. The number of hydrogen-bond acceptors (Lipinski definition) is 3. The van der Waals surface area contributed by atoms with E-state index in [1.807, 2.05) is 60.7 Å². The van der Waals surface area contributed by atoms with Gasteiger partial charge in [0.05, 0.1) is 5.69 Å². The van der Waals surface area contributed by atoms with E-state index in [-0.39, 0.29) is 17.8 Å². The fourth-order valence-electron chi connectivity index (χ4n) is 5.22. The Balaban J connectivity index is 1.43. The van der Waals surface area contributed by atoms with Crippen LogP contribution in [0, 0.1) is 17.8 Å². The van der Waals surface area contributed by atoms with Crippen molar-refractivity contribution in [1.29, 1.82) is 0 Å². The molecule has 4 atom stereocenters. The second-order valence-corrected chi connectivity index (χ2v) is 8.47. The van der Waals surface area contributed by atoms with Crippen molar-refractivity contribution in [3.63, 3.8) is 0 Å². The summed E-state index contributed by atoms with van der Waals surface area (Å²) in [5.41, 5.74) is 1.82. The van der Waals surface area contributed by atoms with Crippen molar-refractivity contribution in [3.8, 4) is 17.1 Å². The minimum absolute atomic E-state index is 0.154. The van der Waals surface area contributed by atoms with Gasteiger partial charge in [0.15, 0.2) is 5.82 Å². The van der Waals surface area contributed by atoms with E-state index >= 15 is 0 Å². The fourth-order valence-corrected chi connectivity index (χ4v) is 5.22. The van der Waals surface area contributed by atoms with E-state index < -0.39 is 0 Å². The number of nitrogens with one attached hydrogen (secondary N) is 1. The van der Waals surface area contributed by atoms with E-state index in [4.69, 9.17) is 0 Å². The lowest BCUT2D eigenvalue weighted by Gasteiger charge is -2.28. The number of carbonyl (C=O) groups is 1. The van der Waals surface area contributed by atoms with Crippen LogP contribution < -0.4 is 5.32 Å². The van der Waals surface area contributed by atoms with Crippen LogP contribution in [0.2, 0.25) is 0 Å². The number of carbonyl (C=O) groups excluding carboxylic acids is 1. The van der Waals surface area contributed by atoms with Gasteiger partial charge in [-0.2, -0.15) is 0 Å². The highest BCUT2D eigenvalue weighted by Gasteiger charge is 2.42. The highest BCUT2D eigenvalue weighted by atomic mass is 16.2. The first kappa shape index (κ1) is 18.1. The lowest BCUT2D eigenvalue weighted by atomic mass is 9.84. The summed E-state index contributed by atoms with van der Waals surface area (Å²) in [6.07, 6.45) is 5.26. The average Bonchev–Trinajstić information content (AvgIpc) is 3.50. The molecule has 2 saturated carbocycles. The maximum Gasteiger partial charge on any atom is 0.291 e. The van der Waals surface area contributed by atoms with Gasteiger partial charge in [-0.15, -0.1) is 5.10 Å². The van der Waals surface area contributed by atoms with Crippen molar-refractivity contribution < 1.29 is 4.79 Å². The summed E-state index contributed by atoms with van der Waals surface area (Å²) in [5.74, 6) is 2.93. The predicted molar refractivity (Wildman–Crippen MR) is 113 cm³/mol. The molecule has 1 N–H and O–H groups in total. The molecule has 5 heteroatoms. The van der Waals surface area contributed by atoms with Gasteiger partial charge in [-0.05, 0) is 56.1 Å². The van der Waals surface area contributed by atoms with Crippen LogP contribution in [0.1, 0.15) is 43.2 Å². The Morgan fingerprint density at radius 1 is 1.03 bits per heavy atom. The van der Waals surface area contributed by atoms with E-state index in [0.29, 0.717) is 11.7 Å². The number of fused-ring (bicyclic) bond motifs is 2. The van der Waals surface area contributed by atoms with Gasteiger partial charge in [-0.3, -0.25) is 4.79 Å². The van der Waals surface area contributed by atoms with Crippen LogP contribution in [-0.2, 0) is 0 Å². The van der Waals surface area contributed by atoms with Crippen molar-refractivity contribution in [2.24, 2.45) is 17.8 Å². The number of nitrogens with zero attached hydrogens (tertiary/aromatic N) is 3. The molecule has 0 aliphatic heterocycles.